The van der Waals surface area contributed by atoms with E-state index in [1.54, 1.807) is 41.3 Å². The molecular weight excluding hydrogens is 503 g/mol. The minimum absolute atomic E-state index is 0.00796. The summed E-state index contributed by atoms with van der Waals surface area (Å²) in [5, 5.41) is 0.488. The molecule has 2 atom stereocenters. The molecule has 1 amide bonds. The Hall–Kier alpha value is -1.42. The van der Waals surface area contributed by atoms with Crippen LogP contribution in [-0.2, 0) is 21.1 Å². The van der Waals surface area contributed by atoms with Crippen molar-refractivity contribution in [3.8, 4) is 0 Å². The van der Waals surface area contributed by atoms with Crippen molar-refractivity contribution in [3.05, 3.63) is 63.3 Å². The van der Waals surface area contributed by atoms with E-state index in [4.69, 9.17) is 11.6 Å². The molecule has 0 bridgehead atoms. The van der Waals surface area contributed by atoms with Crippen molar-refractivity contribution < 1.29 is 17.6 Å². The number of rotatable bonds is 3. The largest absolute Gasteiger partial charge is 0.313 e. The number of carbonyl (C=O) groups is 1. The Kier molecular flexibility index (Phi) is 5.76. The second-order valence-corrected chi connectivity index (χ2v) is 11.5. The average molecular weight is 518 g/mol. The molecule has 0 aromatic heterocycles. The molecule has 2 saturated heterocycles. The summed E-state index contributed by atoms with van der Waals surface area (Å²) in [6.45, 7) is 0. The summed E-state index contributed by atoms with van der Waals surface area (Å²) in [5.74, 6) is -1.06. The second kappa shape index (κ2) is 8.02. The fourth-order valence-corrected chi connectivity index (χ4v) is 7.93. The number of anilines is 1. The summed E-state index contributed by atoms with van der Waals surface area (Å²) < 4.78 is 39.4. The molecule has 0 aliphatic carbocycles. The lowest BCUT2D eigenvalue weighted by Gasteiger charge is -2.25. The summed E-state index contributed by atoms with van der Waals surface area (Å²) in [6, 6.07) is 11.1. The van der Waals surface area contributed by atoms with Crippen LogP contribution >= 0.6 is 39.3 Å². The first-order chi connectivity index (χ1) is 13.7. The number of hydrogen-bond donors (Lipinski definition) is 0. The van der Waals surface area contributed by atoms with E-state index < -0.39 is 27.6 Å². The molecular formula is C19H15BrClFN2O3S2. The normalized spacial score (nSPS) is 24.1. The molecule has 10 heteroatoms. The fraction of sp³-hybridized carbons (Fsp3) is 0.263. The van der Waals surface area contributed by atoms with Crippen LogP contribution in [0.25, 0.3) is 0 Å². The Morgan fingerprint density at radius 1 is 1.28 bits per heavy atom. The van der Waals surface area contributed by atoms with Gasteiger partial charge in [-0.25, -0.2) is 12.8 Å². The van der Waals surface area contributed by atoms with Gasteiger partial charge in [0.2, 0.25) is 0 Å². The van der Waals surface area contributed by atoms with Crippen LogP contribution in [0.3, 0.4) is 0 Å². The summed E-state index contributed by atoms with van der Waals surface area (Å²) >= 11 is 10.5. The zero-order valence-electron chi connectivity index (χ0n) is 14.9. The Labute approximate surface area is 185 Å². The van der Waals surface area contributed by atoms with Gasteiger partial charge in [-0.1, -0.05) is 57.5 Å². The van der Waals surface area contributed by atoms with Gasteiger partial charge in [0, 0.05) is 14.7 Å². The van der Waals surface area contributed by atoms with E-state index in [-0.39, 0.29) is 28.9 Å². The lowest BCUT2D eigenvalue weighted by atomic mass is 10.1. The molecule has 0 unspecified atom stereocenters. The molecule has 0 radical (unpaired) electrons. The molecule has 2 aromatic rings. The molecule has 0 saturated carbocycles. The lowest BCUT2D eigenvalue weighted by molar-refractivity contribution is -0.117. The van der Waals surface area contributed by atoms with E-state index >= 15 is 0 Å². The summed E-state index contributed by atoms with van der Waals surface area (Å²) in [5.41, 5.74) is 0.852. The van der Waals surface area contributed by atoms with Crippen molar-refractivity contribution in [2.24, 2.45) is 4.99 Å². The molecule has 29 heavy (non-hydrogen) atoms. The highest BCUT2D eigenvalue weighted by Gasteiger charge is 2.50. The maximum Gasteiger partial charge on any atom is 0.252 e. The molecule has 2 aliphatic heterocycles. The number of aliphatic imine (C=N–C) groups is 1. The number of hydrogen-bond acceptors (Lipinski definition) is 4. The summed E-state index contributed by atoms with van der Waals surface area (Å²) in [6.07, 6.45) is 0.00796. The maximum atomic E-state index is 14.7. The smallest absolute Gasteiger partial charge is 0.252 e. The number of thioether (sulfide) groups is 1. The summed E-state index contributed by atoms with van der Waals surface area (Å²) in [7, 11) is -3.23. The molecule has 5 nitrogen and oxygen atoms in total. The van der Waals surface area contributed by atoms with Crippen LogP contribution < -0.4 is 4.90 Å². The van der Waals surface area contributed by atoms with Gasteiger partial charge in [-0.2, -0.15) is 4.99 Å². The lowest BCUT2D eigenvalue weighted by Crippen LogP contribution is -2.38. The number of benzene rings is 2. The molecule has 0 spiro atoms. The molecule has 2 aromatic carbocycles. The highest BCUT2D eigenvalue weighted by molar-refractivity contribution is 9.10. The molecule has 0 N–H and O–H groups in total. The number of fused-ring (bicyclic) bond motifs is 1. The predicted molar refractivity (Wildman–Crippen MR) is 118 cm³/mol. The zero-order valence-corrected chi connectivity index (χ0v) is 18.9. The van der Waals surface area contributed by atoms with Gasteiger partial charge in [-0.15, -0.1) is 0 Å². The zero-order chi connectivity index (χ0) is 20.8. The van der Waals surface area contributed by atoms with Gasteiger partial charge in [-0.3, -0.25) is 4.79 Å². The van der Waals surface area contributed by atoms with E-state index in [0.717, 1.165) is 0 Å². The van der Waals surface area contributed by atoms with Gasteiger partial charge >= 0.3 is 0 Å². The van der Waals surface area contributed by atoms with E-state index in [1.807, 2.05) is 0 Å². The average Bonchev–Trinajstić information content (AvgIpc) is 3.08. The molecule has 2 fully saturated rings. The van der Waals surface area contributed by atoms with Crippen molar-refractivity contribution in [1.82, 2.24) is 0 Å². The van der Waals surface area contributed by atoms with Gasteiger partial charge in [0.25, 0.3) is 5.91 Å². The first-order valence-corrected chi connectivity index (χ1v) is 12.6. The predicted octanol–water partition coefficient (Wildman–Crippen LogP) is 4.09. The Morgan fingerprint density at radius 3 is 2.76 bits per heavy atom. The first-order valence-electron chi connectivity index (χ1n) is 8.70. The van der Waals surface area contributed by atoms with Gasteiger partial charge in [0.05, 0.1) is 29.7 Å². The topological polar surface area (TPSA) is 66.8 Å². The molecule has 2 heterocycles. The van der Waals surface area contributed by atoms with Crippen LogP contribution in [0.15, 0.2) is 51.9 Å². The second-order valence-electron chi connectivity index (χ2n) is 6.82. The molecule has 2 aliphatic rings. The van der Waals surface area contributed by atoms with E-state index in [1.165, 1.54) is 17.8 Å². The number of sulfone groups is 1. The van der Waals surface area contributed by atoms with E-state index in [9.17, 15) is 17.6 Å². The van der Waals surface area contributed by atoms with Crippen LogP contribution in [0, 0.1) is 5.82 Å². The number of amidine groups is 1. The van der Waals surface area contributed by atoms with Gasteiger partial charge in [-0.05, 0) is 29.8 Å². The Bertz CT molecular complexity index is 1130. The Morgan fingerprint density at radius 2 is 2.03 bits per heavy atom. The van der Waals surface area contributed by atoms with Crippen LogP contribution in [0.2, 0.25) is 5.02 Å². The molecule has 4 rings (SSSR count). The quantitative estimate of drug-likeness (QED) is 0.614. The highest BCUT2D eigenvalue weighted by Crippen LogP contribution is 2.42. The van der Waals surface area contributed by atoms with Crippen LogP contribution in [0.4, 0.5) is 10.1 Å². The third-order valence-electron chi connectivity index (χ3n) is 4.76. The number of carbonyl (C=O) groups excluding carboxylic acids is 1. The van der Waals surface area contributed by atoms with Crippen molar-refractivity contribution in [2.75, 3.05) is 16.4 Å². The minimum Gasteiger partial charge on any atom is -0.313 e. The van der Waals surface area contributed by atoms with Crippen molar-refractivity contribution >= 4 is 65.9 Å². The highest BCUT2D eigenvalue weighted by atomic mass is 79.9. The summed E-state index contributed by atoms with van der Waals surface area (Å²) in [4.78, 5) is 18.3. The van der Waals surface area contributed by atoms with Gasteiger partial charge in [0.1, 0.15) is 5.82 Å². The fourth-order valence-electron chi connectivity index (χ4n) is 3.47. The third-order valence-corrected chi connectivity index (χ3v) is 8.83. The van der Waals surface area contributed by atoms with Crippen LogP contribution in [0.1, 0.15) is 5.56 Å². The SMILES string of the molecule is O=C(Cc1ccccc1Cl)N=C1S[C@@H]2CS(=O)(=O)C[C@H]2N1c1ccc(Br)cc1F. The number of halogens is 3. The standard InChI is InChI=1S/C19H15BrClFN2O3S2/c20-12-5-6-15(14(22)8-12)24-16-9-29(26,27)10-17(16)28-19(24)23-18(25)7-11-3-1-2-4-13(11)21/h1-6,8,16-17H,7,9-10H2/t16-,17-/m1/s1. The van der Waals surface area contributed by atoms with Gasteiger partial charge in [0.15, 0.2) is 15.0 Å². The number of amides is 1. The van der Waals surface area contributed by atoms with E-state index in [2.05, 4.69) is 20.9 Å². The molecule has 152 valence electrons. The van der Waals surface area contributed by atoms with Crippen molar-refractivity contribution in [2.45, 2.75) is 17.7 Å². The maximum absolute atomic E-state index is 14.7. The van der Waals surface area contributed by atoms with Crippen LogP contribution in [-0.4, -0.2) is 42.3 Å². The monoisotopic (exact) mass is 516 g/mol. The van der Waals surface area contributed by atoms with Gasteiger partial charge < -0.3 is 4.90 Å². The third kappa shape index (κ3) is 4.38. The first kappa shape index (κ1) is 20.8. The van der Waals surface area contributed by atoms with E-state index in [0.29, 0.717) is 20.2 Å². The number of nitrogens with zero attached hydrogens (tertiary/aromatic N) is 2. The Balaban J connectivity index is 1.68. The van der Waals surface area contributed by atoms with Crippen molar-refractivity contribution in [3.63, 3.8) is 0 Å². The van der Waals surface area contributed by atoms with Crippen molar-refractivity contribution in [1.29, 1.82) is 0 Å². The minimum atomic E-state index is -3.23. The van der Waals surface area contributed by atoms with Crippen LogP contribution in [0.5, 0.6) is 0 Å².